The Hall–Kier alpha value is -1.36. The molecule has 5 nitrogen and oxygen atoms in total. The molecule has 1 aromatic rings. The fourth-order valence-electron chi connectivity index (χ4n) is 2.32. The van der Waals surface area contributed by atoms with Gasteiger partial charge in [-0.25, -0.2) is 9.78 Å². The zero-order valence-corrected chi connectivity index (χ0v) is 10.2. The molecule has 1 saturated heterocycles. The van der Waals surface area contributed by atoms with Gasteiger partial charge in [-0.15, -0.1) is 0 Å². The van der Waals surface area contributed by atoms with Crippen molar-refractivity contribution >= 4 is 5.97 Å². The van der Waals surface area contributed by atoms with Crippen LogP contribution in [0.15, 0.2) is 12.4 Å². The molecule has 1 aliphatic heterocycles. The van der Waals surface area contributed by atoms with Crippen molar-refractivity contribution in [2.45, 2.75) is 38.8 Å². The molecule has 1 N–H and O–H groups in total. The van der Waals surface area contributed by atoms with Gasteiger partial charge in [-0.05, 0) is 6.42 Å². The van der Waals surface area contributed by atoms with E-state index < -0.39 is 12.1 Å². The maximum Gasteiger partial charge on any atom is 0.333 e. The second kappa shape index (κ2) is 4.87. The van der Waals surface area contributed by atoms with Gasteiger partial charge in [0.15, 0.2) is 6.10 Å². The van der Waals surface area contributed by atoms with Gasteiger partial charge in [0.1, 0.15) is 5.82 Å². The van der Waals surface area contributed by atoms with Gasteiger partial charge in [0.2, 0.25) is 0 Å². The van der Waals surface area contributed by atoms with E-state index in [2.05, 4.69) is 18.8 Å². The average molecular weight is 238 g/mol. The summed E-state index contributed by atoms with van der Waals surface area (Å²) in [6.45, 7) is 5.37. The van der Waals surface area contributed by atoms with E-state index in [1.807, 2.05) is 10.8 Å². The van der Waals surface area contributed by atoms with Crippen LogP contribution in [0.3, 0.4) is 0 Å². The van der Waals surface area contributed by atoms with Gasteiger partial charge in [0, 0.05) is 37.4 Å². The Morgan fingerprint density at radius 2 is 2.47 bits per heavy atom. The Morgan fingerprint density at radius 3 is 3.12 bits per heavy atom. The molecule has 0 radical (unpaired) electrons. The molecule has 1 aromatic heterocycles. The van der Waals surface area contributed by atoms with Gasteiger partial charge in [0.25, 0.3) is 0 Å². The lowest BCUT2D eigenvalue weighted by Crippen LogP contribution is -2.29. The van der Waals surface area contributed by atoms with Gasteiger partial charge >= 0.3 is 5.97 Å². The SMILES string of the molecule is CC(C)c1nccn1C[C@@H]1CCO[C@@H]1C(=O)O. The quantitative estimate of drug-likeness (QED) is 0.863. The molecule has 2 rings (SSSR count). The number of rotatable bonds is 4. The maximum absolute atomic E-state index is 11.0. The summed E-state index contributed by atoms with van der Waals surface area (Å²) in [5.74, 6) is 0.523. The topological polar surface area (TPSA) is 64.4 Å². The summed E-state index contributed by atoms with van der Waals surface area (Å²) < 4.78 is 7.28. The zero-order chi connectivity index (χ0) is 12.4. The molecular weight excluding hydrogens is 220 g/mol. The Labute approximate surface area is 100 Å². The second-order valence-electron chi connectivity index (χ2n) is 4.77. The summed E-state index contributed by atoms with van der Waals surface area (Å²) in [6.07, 6.45) is 3.80. The summed E-state index contributed by atoms with van der Waals surface area (Å²) in [4.78, 5) is 15.3. The molecular formula is C12H18N2O3. The van der Waals surface area contributed by atoms with Gasteiger partial charge in [0.05, 0.1) is 0 Å². The van der Waals surface area contributed by atoms with E-state index in [1.165, 1.54) is 0 Å². The number of carboxylic acids is 1. The Kier molecular flexibility index (Phi) is 3.47. The third-order valence-corrected chi connectivity index (χ3v) is 3.15. The number of hydrogen-bond donors (Lipinski definition) is 1. The highest BCUT2D eigenvalue weighted by atomic mass is 16.5. The smallest absolute Gasteiger partial charge is 0.333 e. The first-order chi connectivity index (χ1) is 8.09. The van der Waals surface area contributed by atoms with Crippen molar-refractivity contribution in [2.75, 3.05) is 6.61 Å². The van der Waals surface area contributed by atoms with Crippen molar-refractivity contribution < 1.29 is 14.6 Å². The first kappa shape index (κ1) is 12.1. The fraction of sp³-hybridized carbons (Fsp3) is 0.667. The van der Waals surface area contributed by atoms with Crippen molar-refractivity contribution in [3.05, 3.63) is 18.2 Å². The van der Waals surface area contributed by atoms with Gasteiger partial charge < -0.3 is 14.4 Å². The molecule has 0 amide bonds. The van der Waals surface area contributed by atoms with E-state index in [1.54, 1.807) is 6.20 Å². The molecule has 0 bridgehead atoms. The third-order valence-electron chi connectivity index (χ3n) is 3.15. The van der Waals surface area contributed by atoms with Crippen molar-refractivity contribution in [2.24, 2.45) is 5.92 Å². The normalized spacial score (nSPS) is 24.4. The first-order valence-corrected chi connectivity index (χ1v) is 5.95. The molecule has 17 heavy (non-hydrogen) atoms. The summed E-state index contributed by atoms with van der Waals surface area (Å²) in [6, 6.07) is 0. The van der Waals surface area contributed by atoms with Crippen molar-refractivity contribution in [3.63, 3.8) is 0 Å². The first-order valence-electron chi connectivity index (χ1n) is 5.95. The summed E-state index contributed by atoms with van der Waals surface area (Å²) in [7, 11) is 0. The lowest BCUT2D eigenvalue weighted by atomic mass is 10.0. The van der Waals surface area contributed by atoms with Crippen LogP contribution < -0.4 is 0 Å². The lowest BCUT2D eigenvalue weighted by molar-refractivity contribution is -0.149. The van der Waals surface area contributed by atoms with Crippen molar-refractivity contribution in [3.8, 4) is 0 Å². The Morgan fingerprint density at radius 1 is 1.71 bits per heavy atom. The molecule has 2 atom stereocenters. The highest BCUT2D eigenvalue weighted by molar-refractivity contribution is 5.73. The van der Waals surface area contributed by atoms with Crippen molar-refractivity contribution in [1.82, 2.24) is 9.55 Å². The summed E-state index contributed by atoms with van der Waals surface area (Å²) in [5, 5.41) is 9.04. The molecule has 5 heteroatoms. The number of aromatic nitrogens is 2. The maximum atomic E-state index is 11.0. The van der Waals surface area contributed by atoms with Crippen LogP contribution in [0.5, 0.6) is 0 Å². The standard InChI is InChI=1S/C12H18N2O3/c1-8(2)11-13-4-5-14(11)7-9-3-6-17-10(9)12(15)16/h4-5,8-10H,3,6-7H2,1-2H3,(H,15,16)/t9-,10-/m0/s1. The minimum absolute atomic E-state index is 0.0409. The predicted molar refractivity (Wildman–Crippen MR) is 61.8 cm³/mol. The number of imidazole rings is 1. The van der Waals surface area contributed by atoms with Crippen LogP contribution >= 0.6 is 0 Å². The van der Waals surface area contributed by atoms with E-state index in [4.69, 9.17) is 9.84 Å². The van der Waals surface area contributed by atoms with E-state index in [0.717, 1.165) is 12.2 Å². The lowest BCUT2D eigenvalue weighted by Gasteiger charge is -2.17. The molecule has 0 aliphatic carbocycles. The predicted octanol–water partition coefficient (Wildman–Crippen LogP) is 1.50. The minimum Gasteiger partial charge on any atom is -0.479 e. The number of hydrogen-bond acceptors (Lipinski definition) is 3. The van der Waals surface area contributed by atoms with Crippen LogP contribution in [0.2, 0.25) is 0 Å². The number of ether oxygens (including phenoxy) is 1. The second-order valence-corrected chi connectivity index (χ2v) is 4.77. The molecule has 94 valence electrons. The van der Waals surface area contributed by atoms with Crippen LogP contribution in [0.4, 0.5) is 0 Å². The van der Waals surface area contributed by atoms with E-state index in [9.17, 15) is 4.79 Å². The summed E-state index contributed by atoms with van der Waals surface area (Å²) in [5.41, 5.74) is 0. The molecule has 2 heterocycles. The fourth-order valence-corrected chi connectivity index (χ4v) is 2.32. The third kappa shape index (κ3) is 2.49. The molecule has 0 aromatic carbocycles. The van der Waals surface area contributed by atoms with Gasteiger partial charge in [-0.3, -0.25) is 0 Å². The van der Waals surface area contributed by atoms with Gasteiger partial charge in [-0.1, -0.05) is 13.8 Å². The number of aliphatic carboxylic acids is 1. The Bertz CT molecular complexity index is 400. The van der Waals surface area contributed by atoms with E-state index in [-0.39, 0.29) is 5.92 Å². The van der Waals surface area contributed by atoms with Crippen molar-refractivity contribution in [1.29, 1.82) is 0 Å². The zero-order valence-electron chi connectivity index (χ0n) is 10.2. The van der Waals surface area contributed by atoms with Crippen LogP contribution in [0.1, 0.15) is 32.0 Å². The largest absolute Gasteiger partial charge is 0.479 e. The molecule has 0 saturated carbocycles. The van der Waals surface area contributed by atoms with E-state index >= 15 is 0 Å². The number of nitrogens with zero attached hydrogens (tertiary/aromatic N) is 2. The number of carboxylic acid groups (broad SMARTS) is 1. The molecule has 1 aliphatic rings. The van der Waals surface area contributed by atoms with Crippen LogP contribution in [0.25, 0.3) is 0 Å². The average Bonchev–Trinajstić information content (AvgIpc) is 2.86. The van der Waals surface area contributed by atoms with E-state index in [0.29, 0.717) is 19.1 Å². The molecule has 0 unspecified atom stereocenters. The minimum atomic E-state index is -0.862. The summed E-state index contributed by atoms with van der Waals surface area (Å²) >= 11 is 0. The van der Waals surface area contributed by atoms with Crippen LogP contribution in [-0.4, -0.2) is 33.3 Å². The Balaban J connectivity index is 2.10. The monoisotopic (exact) mass is 238 g/mol. The number of carbonyl (C=O) groups is 1. The van der Waals surface area contributed by atoms with Gasteiger partial charge in [-0.2, -0.15) is 0 Å². The molecule has 1 fully saturated rings. The highest BCUT2D eigenvalue weighted by Gasteiger charge is 2.34. The van der Waals surface area contributed by atoms with Crippen LogP contribution in [-0.2, 0) is 16.1 Å². The highest BCUT2D eigenvalue weighted by Crippen LogP contribution is 2.24. The molecule has 0 spiro atoms. The van der Waals surface area contributed by atoms with Crippen LogP contribution in [0, 0.1) is 5.92 Å².